The smallest absolute Gasteiger partial charge is 0.319 e. The van der Waals surface area contributed by atoms with Crippen molar-refractivity contribution >= 4 is 11.7 Å². The summed E-state index contributed by atoms with van der Waals surface area (Å²) in [4.78, 5) is 12.1. The van der Waals surface area contributed by atoms with Crippen LogP contribution in [0, 0.1) is 17.2 Å². The summed E-state index contributed by atoms with van der Waals surface area (Å²) in [5, 5.41) is 14.6. The van der Waals surface area contributed by atoms with Crippen molar-refractivity contribution in [1.82, 2.24) is 5.32 Å². The Balaban J connectivity index is 1.91. The van der Waals surface area contributed by atoms with E-state index >= 15 is 0 Å². The maximum Gasteiger partial charge on any atom is 0.319 e. The molecule has 1 aliphatic rings. The predicted molar refractivity (Wildman–Crippen MR) is 82.7 cm³/mol. The normalized spacial score (nSPS) is 16.8. The molecule has 0 aliphatic heterocycles. The van der Waals surface area contributed by atoms with E-state index in [0.29, 0.717) is 23.7 Å². The molecule has 5 nitrogen and oxygen atoms in total. The molecule has 0 bridgehead atoms. The number of nitrogens with two attached hydrogens (primary N) is 1. The van der Waals surface area contributed by atoms with Gasteiger partial charge in [-0.25, -0.2) is 4.79 Å². The van der Waals surface area contributed by atoms with Crippen LogP contribution in [0.4, 0.5) is 10.5 Å². The number of nitrogens with one attached hydrogen (secondary N) is 2. The molecular weight excluding hydrogens is 264 g/mol. The first-order chi connectivity index (χ1) is 10.2. The second-order valence-electron chi connectivity index (χ2n) is 5.53. The molecule has 0 saturated heterocycles. The monoisotopic (exact) mass is 286 g/mol. The molecule has 1 aromatic carbocycles. The Hall–Kier alpha value is -2.06. The Morgan fingerprint density at radius 2 is 2.14 bits per heavy atom. The number of nitrogens with zero attached hydrogens (tertiary/aromatic N) is 1. The lowest BCUT2D eigenvalue weighted by Gasteiger charge is -2.30. The van der Waals surface area contributed by atoms with Crippen molar-refractivity contribution < 1.29 is 4.79 Å². The van der Waals surface area contributed by atoms with Crippen LogP contribution in [0.2, 0.25) is 0 Å². The minimum atomic E-state index is -0.258. The average molecular weight is 286 g/mol. The number of amides is 2. The third-order valence-electron chi connectivity index (χ3n) is 4.04. The fraction of sp³-hybridized carbons (Fsp3) is 0.500. The maximum absolute atomic E-state index is 12.1. The summed E-state index contributed by atoms with van der Waals surface area (Å²) in [6.45, 7) is 0.455. The molecule has 4 N–H and O–H groups in total. The van der Waals surface area contributed by atoms with Crippen LogP contribution >= 0.6 is 0 Å². The van der Waals surface area contributed by atoms with Gasteiger partial charge in [0, 0.05) is 18.3 Å². The Morgan fingerprint density at radius 3 is 2.81 bits per heavy atom. The molecule has 2 amide bonds. The molecule has 21 heavy (non-hydrogen) atoms. The molecule has 0 aromatic heterocycles. The number of anilines is 1. The first-order valence-corrected chi connectivity index (χ1v) is 7.50. The van der Waals surface area contributed by atoms with Crippen LogP contribution in [0.15, 0.2) is 24.3 Å². The highest BCUT2D eigenvalue weighted by molar-refractivity contribution is 5.89. The first kappa shape index (κ1) is 15.3. The van der Waals surface area contributed by atoms with Gasteiger partial charge in [0.2, 0.25) is 0 Å². The first-order valence-electron chi connectivity index (χ1n) is 7.50. The van der Waals surface area contributed by atoms with Crippen LogP contribution < -0.4 is 16.4 Å². The summed E-state index contributed by atoms with van der Waals surface area (Å²) in [5.74, 6) is 0.472. The molecule has 112 valence electrons. The Kier molecular flexibility index (Phi) is 5.59. The molecule has 5 heteroatoms. The van der Waals surface area contributed by atoms with E-state index in [4.69, 9.17) is 11.0 Å². The Morgan fingerprint density at radius 1 is 1.38 bits per heavy atom. The lowest BCUT2D eigenvalue weighted by atomic mass is 9.84. The predicted octanol–water partition coefficient (Wildman–Crippen LogP) is 2.59. The van der Waals surface area contributed by atoms with Crippen molar-refractivity contribution in [3.63, 3.8) is 0 Å². The number of urea groups is 1. The van der Waals surface area contributed by atoms with Gasteiger partial charge in [-0.2, -0.15) is 5.26 Å². The highest BCUT2D eigenvalue weighted by Gasteiger charge is 2.23. The summed E-state index contributed by atoms with van der Waals surface area (Å²) in [5.41, 5.74) is 6.95. The molecule has 1 unspecified atom stereocenters. The lowest BCUT2D eigenvalue weighted by Crippen LogP contribution is -2.47. The highest BCUT2D eigenvalue weighted by Crippen LogP contribution is 2.26. The van der Waals surface area contributed by atoms with E-state index in [1.54, 1.807) is 24.3 Å². The van der Waals surface area contributed by atoms with Gasteiger partial charge in [-0.1, -0.05) is 25.3 Å². The van der Waals surface area contributed by atoms with E-state index < -0.39 is 0 Å². The Bertz CT molecular complexity index is 517. The van der Waals surface area contributed by atoms with E-state index in [-0.39, 0.29) is 12.1 Å². The van der Waals surface area contributed by atoms with E-state index in [1.807, 2.05) is 0 Å². The quantitative estimate of drug-likeness (QED) is 0.794. The lowest BCUT2D eigenvalue weighted by molar-refractivity contribution is 0.233. The number of carbonyl (C=O) groups excluding carboxylic acids is 1. The fourth-order valence-electron chi connectivity index (χ4n) is 2.91. The van der Waals surface area contributed by atoms with Gasteiger partial charge in [0.1, 0.15) is 0 Å². The summed E-state index contributed by atoms with van der Waals surface area (Å²) in [7, 11) is 0. The number of hydrogen-bond donors (Lipinski definition) is 3. The zero-order chi connectivity index (χ0) is 15.1. The van der Waals surface area contributed by atoms with E-state index in [0.717, 1.165) is 12.8 Å². The topological polar surface area (TPSA) is 90.9 Å². The molecule has 2 rings (SSSR count). The molecule has 0 heterocycles. The van der Waals surface area contributed by atoms with Gasteiger partial charge in [0.05, 0.1) is 11.6 Å². The van der Waals surface area contributed by atoms with Crippen molar-refractivity contribution in [3.8, 4) is 6.07 Å². The standard InChI is InChI=1S/C16H22N4O/c17-10-12-5-4-8-14(9-12)19-16(21)20-15(11-18)13-6-2-1-3-7-13/h4-5,8-9,13,15H,1-3,6-7,11,18H2,(H2,19,20,21). The van der Waals surface area contributed by atoms with Crippen molar-refractivity contribution in [1.29, 1.82) is 5.26 Å². The maximum atomic E-state index is 12.1. The molecule has 0 spiro atoms. The van der Waals surface area contributed by atoms with E-state index in [9.17, 15) is 4.79 Å². The van der Waals surface area contributed by atoms with E-state index in [2.05, 4.69) is 16.7 Å². The van der Waals surface area contributed by atoms with Crippen LogP contribution in [0.3, 0.4) is 0 Å². The summed E-state index contributed by atoms with van der Waals surface area (Å²) >= 11 is 0. The van der Waals surface area contributed by atoms with Crippen LogP contribution in [-0.2, 0) is 0 Å². The van der Waals surface area contributed by atoms with Crippen LogP contribution in [0.5, 0.6) is 0 Å². The van der Waals surface area contributed by atoms with Gasteiger partial charge in [-0.3, -0.25) is 0 Å². The van der Waals surface area contributed by atoms with Crippen molar-refractivity contribution in [3.05, 3.63) is 29.8 Å². The van der Waals surface area contributed by atoms with Crippen LogP contribution in [-0.4, -0.2) is 18.6 Å². The highest BCUT2D eigenvalue weighted by atomic mass is 16.2. The van der Waals surface area contributed by atoms with Gasteiger partial charge in [-0.05, 0) is 37.0 Å². The molecule has 1 saturated carbocycles. The van der Waals surface area contributed by atoms with Gasteiger partial charge >= 0.3 is 6.03 Å². The van der Waals surface area contributed by atoms with Crippen LogP contribution in [0.25, 0.3) is 0 Å². The Labute approximate surface area is 125 Å². The van der Waals surface area contributed by atoms with Crippen molar-refractivity contribution in [2.45, 2.75) is 38.1 Å². The second-order valence-corrected chi connectivity index (χ2v) is 5.53. The van der Waals surface area contributed by atoms with E-state index in [1.165, 1.54) is 19.3 Å². The molecule has 1 fully saturated rings. The zero-order valence-electron chi connectivity index (χ0n) is 12.1. The SMILES string of the molecule is N#Cc1cccc(NC(=O)NC(CN)C2CCCCC2)c1. The third-order valence-corrected chi connectivity index (χ3v) is 4.04. The number of nitriles is 1. The number of rotatable bonds is 4. The molecule has 1 atom stereocenters. The van der Waals surface area contributed by atoms with Gasteiger partial charge in [0.25, 0.3) is 0 Å². The number of benzene rings is 1. The summed E-state index contributed by atoms with van der Waals surface area (Å²) < 4.78 is 0. The molecular formula is C16H22N4O. The number of hydrogen-bond acceptors (Lipinski definition) is 3. The summed E-state index contributed by atoms with van der Waals surface area (Å²) in [6, 6.07) is 8.67. The third kappa shape index (κ3) is 4.47. The van der Waals surface area contributed by atoms with Crippen molar-refractivity contribution in [2.75, 3.05) is 11.9 Å². The molecule has 0 radical (unpaired) electrons. The minimum Gasteiger partial charge on any atom is -0.334 e. The zero-order valence-corrected chi connectivity index (χ0v) is 12.1. The largest absolute Gasteiger partial charge is 0.334 e. The second kappa shape index (κ2) is 7.65. The van der Waals surface area contributed by atoms with Gasteiger partial charge in [0.15, 0.2) is 0 Å². The molecule has 1 aromatic rings. The van der Waals surface area contributed by atoms with Crippen molar-refractivity contribution in [2.24, 2.45) is 11.7 Å². The van der Waals surface area contributed by atoms with Gasteiger partial charge < -0.3 is 16.4 Å². The summed E-state index contributed by atoms with van der Waals surface area (Å²) in [6.07, 6.45) is 5.97. The average Bonchev–Trinajstić information content (AvgIpc) is 2.53. The minimum absolute atomic E-state index is 0.0180. The number of carbonyl (C=O) groups is 1. The fourth-order valence-corrected chi connectivity index (χ4v) is 2.91. The van der Waals surface area contributed by atoms with Crippen LogP contribution in [0.1, 0.15) is 37.7 Å². The molecule has 1 aliphatic carbocycles. The van der Waals surface area contributed by atoms with Gasteiger partial charge in [-0.15, -0.1) is 0 Å².